The second kappa shape index (κ2) is 6.80. The molecule has 2 saturated heterocycles. The van der Waals surface area contributed by atoms with E-state index in [1.165, 1.54) is 13.9 Å². The van der Waals surface area contributed by atoms with Crippen molar-refractivity contribution in [3.05, 3.63) is 6.33 Å². The monoisotopic (exact) mass is 398 g/mol. The number of anilines is 2. The van der Waals surface area contributed by atoms with Crippen LogP contribution < -0.4 is 10.6 Å². The van der Waals surface area contributed by atoms with Gasteiger partial charge in [-0.15, -0.1) is 0 Å². The molecule has 0 bridgehead atoms. The van der Waals surface area contributed by atoms with Crippen molar-refractivity contribution in [2.75, 3.05) is 30.3 Å². The van der Waals surface area contributed by atoms with Crippen LogP contribution in [0.15, 0.2) is 6.33 Å². The standard InChI is InChI=1S/C14H24BN6O5P/c1-3-20(4-2)14-18-11(16)8-12(19-14)21(6-17-8)13-9(22)10-7(25-13)5-24-27(15,23)26-10/h6-7,9-10,13,22-23,27H,3-5,15H2,1-2H3,(H2,16,18,19)/t7-,9+,10+,13-/m1/s1. The number of imidazole rings is 1. The molecule has 2 aromatic rings. The van der Waals surface area contributed by atoms with Crippen molar-refractivity contribution in [2.24, 2.45) is 0 Å². The van der Waals surface area contributed by atoms with Crippen molar-refractivity contribution in [3.63, 3.8) is 0 Å². The molecule has 4 rings (SSSR count). The summed E-state index contributed by atoms with van der Waals surface area (Å²) >= 11 is 0. The van der Waals surface area contributed by atoms with E-state index in [-0.39, 0.29) is 12.4 Å². The zero-order valence-corrected chi connectivity index (χ0v) is 16.4. The third-order valence-electron chi connectivity index (χ3n) is 4.94. The first-order chi connectivity index (χ1) is 12.8. The molecule has 27 heavy (non-hydrogen) atoms. The molecule has 4 heterocycles. The van der Waals surface area contributed by atoms with E-state index in [9.17, 15) is 10.00 Å². The quantitative estimate of drug-likeness (QED) is 0.432. The minimum atomic E-state index is -3.25. The van der Waals surface area contributed by atoms with Crippen LogP contribution in [-0.2, 0) is 13.8 Å². The summed E-state index contributed by atoms with van der Waals surface area (Å²) in [5.74, 6) is 0.757. The van der Waals surface area contributed by atoms with Crippen LogP contribution in [-0.4, -0.2) is 75.1 Å². The molecule has 11 nitrogen and oxygen atoms in total. The molecule has 0 amide bonds. The normalized spacial score (nSPS) is 31.0. The number of nitrogen functional groups attached to an aromatic ring is 1. The number of hydrogen-bond acceptors (Lipinski definition) is 10. The van der Waals surface area contributed by atoms with Gasteiger partial charge in [0.1, 0.15) is 0 Å². The van der Waals surface area contributed by atoms with Crippen LogP contribution in [0, 0.1) is 0 Å². The first-order valence-electron chi connectivity index (χ1n) is 8.97. The first kappa shape index (κ1) is 18.8. The first-order valence-corrected chi connectivity index (χ1v) is 11.2. The number of aromatic nitrogens is 4. The molecule has 2 aliphatic rings. The number of aliphatic hydroxyl groups excluding tert-OH is 1. The molecule has 4 atom stereocenters. The number of nitrogens with two attached hydrogens (primary N) is 1. The van der Waals surface area contributed by atoms with E-state index in [4.69, 9.17) is 19.5 Å². The molecule has 2 aromatic heterocycles. The molecule has 4 N–H and O–H groups in total. The Morgan fingerprint density at radius 3 is 2.85 bits per heavy atom. The molecule has 0 spiro atoms. The molecule has 0 radical (unpaired) electrons. The average molecular weight is 398 g/mol. The fraction of sp³-hybridized carbons (Fsp3) is 0.643. The third-order valence-corrected chi connectivity index (χ3v) is 6.35. The summed E-state index contributed by atoms with van der Waals surface area (Å²) in [5.41, 5.74) is 6.98. The molecule has 0 aliphatic carbocycles. The zero-order valence-electron chi connectivity index (χ0n) is 15.4. The fourth-order valence-electron chi connectivity index (χ4n) is 3.51. The van der Waals surface area contributed by atoms with Crippen molar-refractivity contribution in [3.8, 4) is 0 Å². The molecular formula is C14H24BN6O5P. The van der Waals surface area contributed by atoms with E-state index in [1.807, 2.05) is 18.7 Å². The molecule has 13 heteroatoms. The van der Waals surface area contributed by atoms with E-state index >= 15 is 0 Å². The Balaban J connectivity index is 1.72. The van der Waals surface area contributed by atoms with Gasteiger partial charge in [-0.1, -0.05) is 0 Å². The summed E-state index contributed by atoms with van der Waals surface area (Å²) in [6.45, 7) is 5.63. The van der Waals surface area contributed by atoms with E-state index < -0.39 is 32.4 Å². The van der Waals surface area contributed by atoms with Gasteiger partial charge in [0.25, 0.3) is 0 Å². The Kier molecular flexibility index (Phi) is 4.73. The second-order valence-corrected chi connectivity index (χ2v) is 9.07. The summed E-state index contributed by atoms with van der Waals surface area (Å²) in [6.07, 6.45) is -1.44. The van der Waals surface area contributed by atoms with Gasteiger partial charge in [-0.25, -0.2) is 0 Å². The Morgan fingerprint density at radius 2 is 2.15 bits per heavy atom. The van der Waals surface area contributed by atoms with Crippen molar-refractivity contribution < 1.29 is 23.8 Å². The van der Waals surface area contributed by atoms with Crippen LogP contribution >= 0.6 is 7.82 Å². The van der Waals surface area contributed by atoms with Crippen LogP contribution in [0.2, 0.25) is 0 Å². The molecule has 0 unspecified atom stereocenters. The van der Waals surface area contributed by atoms with Crippen LogP contribution in [0.25, 0.3) is 11.2 Å². The second-order valence-electron chi connectivity index (χ2n) is 6.75. The predicted octanol–water partition coefficient (Wildman–Crippen LogP) is -1.04. The van der Waals surface area contributed by atoms with Crippen LogP contribution in [0.5, 0.6) is 0 Å². The number of hydrogen-bond donors (Lipinski definition) is 3. The SMILES string of the molecule is B[PH]1(O)OC[C@H]2O[C@@H](n3cnc4c(N)nc(N(CC)CC)nc43)[C@@H](O)[C@H]2O1. The Labute approximate surface area is 157 Å². The van der Waals surface area contributed by atoms with Gasteiger partial charge in [0.15, 0.2) is 0 Å². The van der Waals surface area contributed by atoms with Gasteiger partial charge in [0, 0.05) is 0 Å². The predicted molar refractivity (Wildman–Crippen MR) is 103 cm³/mol. The van der Waals surface area contributed by atoms with Crippen LogP contribution in [0.1, 0.15) is 20.1 Å². The van der Waals surface area contributed by atoms with Gasteiger partial charge in [-0.2, -0.15) is 0 Å². The van der Waals surface area contributed by atoms with Gasteiger partial charge in [-0.3, -0.25) is 0 Å². The van der Waals surface area contributed by atoms with Crippen molar-refractivity contribution in [1.82, 2.24) is 19.5 Å². The summed E-state index contributed by atoms with van der Waals surface area (Å²) in [5, 5.41) is 10.8. The van der Waals surface area contributed by atoms with Gasteiger partial charge in [0.05, 0.1) is 0 Å². The number of nitrogens with zero attached hydrogens (tertiary/aromatic N) is 5. The summed E-state index contributed by atoms with van der Waals surface area (Å²) in [4.78, 5) is 25.3. The van der Waals surface area contributed by atoms with Gasteiger partial charge in [-0.05, 0) is 0 Å². The van der Waals surface area contributed by atoms with E-state index in [1.54, 1.807) is 4.57 Å². The fourth-order valence-corrected chi connectivity index (χ4v) is 4.85. The summed E-state index contributed by atoms with van der Waals surface area (Å²) < 4.78 is 18.5. The third kappa shape index (κ3) is 3.16. The summed E-state index contributed by atoms with van der Waals surface area (Å²) in [6, 6.07) is 0. The van der Waals surface area contributed by atoms with Gasteiger partial charge in [0.2, 0.25) is 0 Å². The number of ether oxygens (including phenoxy) is 1. The molecule has 2 fully saturated rings. The van der Waals surface area contributed by atoms with Crippen molar-refractivity contribution in [1.29, 1.82) is 0 Å². The van der Waals surface area contributed by atoms with Crippen molar-refractivity contribution >= 4 is 38.3 Å². The minimum absolute atomic E-state index is 0.159. The maximum absolute atomic E-state index is 10.8. The maximum atomic E-state index is 10.8. The Hall–Kier alpha value is -1.56. The van der Waals surface area contributed by atoms with Gasteiger partial charge >= 0.3 is 157 Å². The Morgan fingerprint density at radius 1 is 1.41 bits per heavy atom. The van der Waals surface area contributed by atoms with Crippen LogP contribution in [0.4, 0.5) is 11.8 Å². The van der Waals surface area contributed by atoms with E-state index in [0.29, 0.717) is 17.1 Å². The zero-order chi connectivity index (χ0) is 19.3. The molecule has 0 aromatic carbocycles. The average Bonchev–Trinajstić information content (AvgIpc) is 3.17. The van der Waals surface area contributed by atoms with E-state index in [2.05, 4.69) is 15.0 Å². The molecular weight excluding hydrogens is 374 g/mol. The number of fused-ring (bicyclic) bond motifs is 2. The number of aliphatic hydroxyl groups is 1. The van der Waals surface area contributed by atoms with Crippen molar-refractivity contribution in [2.45, 2.75) is 38.4 Å². The number of rotatable bonds is 4. The molecule has 0 saturated carbocycles. The van der Waals surface area contributed by atoms with Gasteiger partial charge < -0.3 is 0 Å². The molecule has 2 aliphatic heterocycles. The summed E-state index contributed by atoms with van der Waals surface area (Å²) in [7, 11) is -1.73. The Bertz CT molecular complexity index is 849. The van der Waals surface area contributed by atoms with E-state index in [0.717, 1.165) is 13.1 Å². The topological polar surface area (TPSA) is 141 Å². The molecule has 148 valence electrons. The van der Waals surface area contributed by atoms with Crippen LogP contribution in [0.3, 0.4) is 0 Å².